The number of hydrogen-bond acceptors (Lipinski definition) is 6. The molecule has 1 atom stereocenters. The lowest BCUT2D eigenvalue weighted by molar-refractivity contribution is -0.117. The van der Waals surface area contributed by atoms with Crippen molar-refractivity contribution >= 4 is 36.6 Å². The van der Waals surface area contributed by atoms with Crippen LogP contribution in [0.5, 0.6) is 0 Å². The number of aliphatic imine (C=N–C) groups is 1. The maximum absolute atomic E-state index is 12.7. The van der Waals surface area contributed by atoms with Crippen molar-refractivity contribution in [1.82, 2.24) is 0 Å². The summed E-state index contributed by atoms with van der Waals surface area (Å²) < 4.78 is 0. The summed E-state index contributed by atoms with van der Waals surface area (Å²) in [6.45, 7) is 1.84. The fourth-order valence-corrected chi connectivity index (χ4v) is 2.64. The minimum absolute atomic E-state index is 0.0410. The van der Waals surface area contributed by atoms with Gasteiger partial charge in [-0.2, -0.15) is 0 Å². The Hall–Kier alpha value is -2.78. The first-order valence-electron chi connectivity index (χ1n) is 8.42. The molecule has 0 aliphatic rings. The Morgan fingerprint density at radius 1 is 1.26 bits per heavy atom. The van der Waals surface area contributed by atoms with E-state index < -0.39 is 12.7 Å². The van der Waals surface area contributed by atoms with Gasteiger partial charge in [0, 0.05) is 18.4 Å². The third-order valence-corrected chi connectivity index (χ3v) is 4.24. The fraction of sp³-hybridized carbons (Fsp3) is 0.158. The molecule has 0 aliphatic carbocycles. The second kappa shape index (κ2) is 8.74. The van der Waals surface area contributed by atoms with Gasteiger partial charge in [-0.3, -0.25) is 9.79 Å². The van der Waals surface area contributed by atoms with E-state index in [2.05, 4.69) is 17.0 Å². The van der Waals surface area contributed by atoms with Gasteiger partial charge in [0.1, 0.15) is 0 Å². The number of carbonyl (C=O) groups is 1. The minimum atomic E-state index is -3.57. The molecule has 2 aromatic carbocycles. The van der Waals surface area contributed by atoms with Crippen LogP contribution in [0.15, 0.2) is 53.7 Å². The number of nitrogens with zero attached hydrogens (tertiary/aromatic N) is 1. The molecule has 0 saturated heterocycles. The van der Waals surface area contributed by atoms with Crippen molar-refractivity contribution in [2.75, 3.05) is 11.9 Å². The molecule has 0 bridgehead atoms. The molecule has 0 aliphatic heterocycles. The van der Waals surface area contributed by atoms with Crippen molar-refractivity contribution < 1.29 is 19.9 Å². The van der Waals surface area contributed by atoms with Gasteiger partial charge >= 0.3 is 6.75 Å². The van der Waals surface area contributed by atoms with E-state index in [4.69, 9.17) is 5.73 Å². The Kier molecular flexibility index (Phi) is 6.65. The maximum Gasteiger partial charge on any atom is 0.402 e. The molecule has 1 amide bonds. The number of carbonyl (C=O) groups excluding carboxylic acids is 1. The molecule has 0 spiro atoms. The summed E-state index contributed by atoms with van der Waals surface area (Å²) in [6, 6.07) is 11.3. The van der Waals surface area contributed by atoms with Crippen LogP contribution in [-0.2, 0) is 4.79 Å². The van der Waals surface area contributed by atoms with Gasteiger partial charge in [0.25, 0.3) is 0 Å². The Morgan fingerprint density at radius 2 is 1.93 bits per heavy atom. The topological polar surface area (TPSA) is 128 Å². The highest BCUT2D eigenvalue weighted by atomic mass is 16.5. The van der Waals surface area contributed by atoms with E-state index in [-0.39, 0.29) is 17.9 Å². The lowest BCUT2D eigenvalue weighted by Crippen LogP contribution is -2.48. The van der Waals surface area contributed by atoms with Crippen molar-refractivity contribution in [3.05, 3.63) is 65.4 Å². The van der Waals surface area contributed by atoms with Crippen molar-refractivity contribution in [3.8, 4) is 0 Å². The standard InChI is InChI=1S/C19H23BN3O4/c1-13-3-8-17(11-15(13)9-10-22-2)23-19(24)18(12-21)14-4-6-16(7-5-14)20(25,26)27/h3-11,18,25-27H,2,12,21H2,1H3,(H,23,24)/q-1/b10-9-. The van der Waals surface area contributed by atoms with Crippen LogP contribution < -0.4 is 16.5 Å². The molecule has 0 aromatic heterocycles. The van der Waals surface area contributed by atoms with E-state index in [1.54, 1.807) is 18.3 Å². The molecule has 8 heteroatoms. The van der Waals surface area contributed by atoms with Crippen LogP contribution in [0.4, 0.5) is 5.69 Å². The number of nitrogens with one attached hydrogen (secondary N) is 1. The Labute approximate surface area is 157 Å². The molecular formula is C19H23BN3O4-. The quantitative estimate of drug-likeness (QED) is 0.359. The summed E-state index contributed by atoms with van der Waals surface area (Å²) in [4.78, 5) is 16.3. The van der Waals surface area contributed by atoms with Crippen LogP contribution in [0.25, 0.3) is 6.08 Å². The number of rotatable bonds is 7. The van der Waals surface area contributed by atoms with Crippen LogP contribution in [0, 0.1) is 6.92 Å². The molecule has 6 N–H and O–H groups in total. The van der Waals surface area contributed by atoms with Gasteiger partial charge in [0.2, 0.25) is 5.91 Å². The zero-order chi connectivity index (χ0) is 20.0. The van der Waals surface area contributed by atoms with Gasteiger partial charge in [0.15, 0.2) is 0 Å². The minimum Gasteiger partial charge on any atom is -0.556 e. The number of nitrogens with two attached hydrogens (primary N) is 1. The molecule has 7 nitrogen and oxygen atoms in total. The predicted molar refractivity (Wildman–Crippen MR) is 109 cm³/mol. The van der Waals surface area contributed by atoms with E-state index in [0.29, 0.717) is 11.3 Å². The molecule has 2 rings (SSSR count). The molecule has 0 fully saturated rings. The molecule has 2 aromatic rings. The Balaban J connectivity index is 2.20. The number of anilines is 1. The lowest BCUT2D eigenvalue weighted by Gasteiger charge is -2.22. The molecule has 0 heterocycles. The van der Waals surface area contributed by atoms with Gasteiger partial charge in [-0.1, -0.05) is 30.3 Å². The van der Waals surface area contributed by atoms with Gasteiger partial charge in [-0.05, 0) is 48.5 Å². The zero-order valence-electron chi connectivity index (χ0n) is 15.0. The van der Waals surface area contributed by atoms with Crippen LogP contribution in [-0.4, -0.2) is 41.0 Å². The summed E-state index contributed by atoms with van der Waals surface area (Å²) >= 11 is 0. The molecule has 0 radical (unpaired) electrons. The largest absolute Gasteiger partial charge is 0.556 e. The van der Waals surface area contributed by atoms with Crippen LogP contribution in [0.3, 0.4) is 0 Å². The molecule has 27 heavy (non-hydrogen) atoms. The van der Waals surface area contributed by atoms with Crippen molar-refractivity contribution in [1.29, 1.82) is 0 Å². The molecule has 142 valence electrons. The SMILES string of the molecule is C=N/C=C\c1cc(NC(=O)C(CN)c2ccc([B-](O)(O)O)cc2)ccc1C. The second-order valence-electron chi connectivity index (χ2n) is 6.25. The van der Waals surface area contributed by atoms with Gasteiger partial charge in [-0.25, -0.2) is 0 Å². The van der Waals surface area contributed by atoms with E-state index in [1.165, 1.54) is 24.3 Å². The van der Waals surface area contributed by atoms with E-state index >= 15 is 0 Å². The smallest absolute Gasteiger partial charge is 0.402 e. The number of amides is 1. The fourth-order valence-electron chi connectivity index (χ4n) is 2.64. The molecule has 0 saturated carbocycles. The summed E-state index contributed by atoms with van der Waals surface area (Å²) in [6.07, 6.45) is 3.37. The number of hydrogen-bond donors (Lipinski definition) is 5. The Morgan fingerprint density at radius 3 is 2.48 bits per heavy atom. The van der Waals surface area contributed by atoms with E-state index in [9.17, 15) is 19.9 Å². The maximum atomic E-state index is 12.7. The van der Waals surface area contributed by atoms with E-state index in [1.807, 2.05) is 19.1 Å². The number of benzene rings is 2. The lowest BCUT2D eigenvalue weighted by atomic mass is 9.71. The Bertz CT molecular complexity index is 845. The van der Waals surface area contributed by atoms with Crippen LogP contribution >= 0.6 is 0 Å². The highest BCUT2D eigenvalue weighted by Crippen LogP contribution is 2.20. The first-order chi connectivity index (χ1) is 12.8. The van der Waals surface area contributed by atoms with Gasteiger partial charge in [-0.15, -0.1) is 5.46 Å². The van der Waals surface area contributed by atoms with Crippen LogP contribution in [0.1, 0.15) is 22.6 Å². The van der Waals surface area contributed by atoms with Gasteiger partial charge < -0.3 is 26.1 Å². The average molecular weight is 368 g/mol. The first kappa shape index (κ1) is 20.5. The third kappa shape index (κ3) is 5.35. The summed E-state index contributed by atoms with van der Waals surface area (Å²) in [5.41, 5.74) is 8.88. The zero-order valence-corrected chi connectivity index (χ0v) is 15.0. The monoisotopic (exact) mass is 368 g/mol. The van der Waals surface area contributed by atoms with Crippen molar-refractivity contribution in [2.45, 2.75) is 12.8 Å². The van der Waals surface area contributed by atoms with Gasteiger partial charge in [0.05, 0.1) is 5.92 Å². The summed E-state index contributed by atoms with van der Waals surface area (Å²) in [5.74, 6) is -0.924. The van der Waals surface area contributed by atoms with Crippen molar-refractivity contribution in [3.63, 3.8) is 0 Å². The normalized spacial score (nSPS) is 12.8. The molecular weight excluding hydrogens is 345 g/mol. The summed E-state index contributed by atoms with van der Waals surface area (Å²) in [7, 11) is 0. The van der Waals surface area contributed by atoms with E-state index in [0.717, 1.165) is 11.1 Å². The number of aryl methyl sites for hydroxylation is 1. The predicted octanol–water partition coefficient (Wildman–Crippen LogP) is 0.470. The van der Waals surface area contributed by atoms with Crippen molar-refractivity contribution in [2.24, 2.45) is 10.7 Å². The molecule has 1 unspecified atom stereocenters. The average Bonchev–Trinajstić information content (AvgIpc) is 2.62. The highest BCUT2D eigenvalue weighted by molar-refractivity contribution is 6.71. The first-order valence-corrected chi connectivity index (χ1v) is 8.42. The van der Waals surface area contributed by atoms with Crippen LogP contribution in [0.2, 0.25) is 0 Å². The third-order valence-electron chi connectivity index (χ3n) is 4.24. The second-order valence-corrected chi connectivity index (χ2v) is 6.25. The highest BCUT2D eigenvalue weighted by Gasteiger charge is 2.22. The summed E-state index contributed by atoms with van der Waals surface area (Å²) in [5, 5.41) is 30.6.